The molecular formula is C14H13N3O3. The van der Waals surface area contributed by atoms with Gasteiger partial charge in [-0.2, -0.15) is 0 Å². The van der Waals surface area contributed by atoms with Gasteiger partial charge in [0.15, 0.2) is 0 Å². The molecule has 0 atom stereocenters. The van der Waals surface area contributed by atoms with Gasteiger partial charge in [0.2, 0.25) is 0 Å². The maximum atomic E-state index is 12.1. The molecule has 0 unspecified atom stereocenters. The standard InChI is InChI=1S/C14H13N3O3/c1-9-5-3-8-13(15-9)16-14(18)11-6-4-7-12(10(11)2)17(19)20/h3-8H,1-2H3,(H,15,16,18). The molecule has 2 rings (SSSR count). The molecule has 0 aliphatic carbocycles. The van der Waals surface area contributed by atoms with Gasteiger partial charge in [0.1, 0.15) is 5.82 Å². The number of carbonyl (C=O) groups is 1. The number of anilines is 1. The van der Waals surface area contributed by atoms with Crippen molar-refractivity contribution in [3.05, 3.63) is 63.3 Å². The van der Waals surface area contributed by atoms with Crippen LogP contribution < -0.4 is 5.32 Å². The Labute approximate surface area is 115 Å². The van der Waals surface area contributed by atoms with Gasteiger partial charge in [0.25, 0.3) is 11.6 Å². The van der Waals surface area contributed by atoms with Gasteiger partial charge < -0.3 is 5.32 Å². The van der Waals surface area contributed by atoms with E-state index < -0.39 is 10.8 Å². The molecule has 0 fully saturated rings. The van der Waals surface area contributed by atoms with Gasteiger partial charge in [-0.1, -0.05) is 12.1 Å². The summed E-state index contributed by atoms with van der Waals surface area (Å²) in [5, 5.41) is 13.5. The van der Waals surface area contributed by atoms with E-state index in [2.05, 4.69) is 10.3 Å². The maximum absolute atomic E-state index is 12.1. The number of nitrogens with one attached hydrogen (secondary N) is 1. The molecule has 1 N–H and O–H groups in total. The number of aromatic nitrogens is 1. The molecule has 20 heavy (non-hydrogen) atoms. The van der Waals surface area contributed by atoms with Crippen molar-refractivity contribution in [2.24, 2.45) is 0 Å². The quantitative estimate of drug-likeness (QED) is 0.687. The lowest BCUT2D eigenvalue weighted by Crippen LogP contribution is -2.15. The predicted octanol–water partition coefficient (Wildman–Crippen LogP) is 2.86. The molecule has 0 radical (unpaired) electrons. The van der Waals surface area contributed by atoms with E-state index in [4.69, 9.17) is 0 Å². The van der Waals surface area contributed by atoms with Crippen molar-refractivity contribution < 1.29 is 9.72 Å². The van der Waals surface area contributed by atoms with Gasteiger partial charge in [-0.3, -0.25) is 14.9 Å². The predicted molar refractivity (Wildman–Crippen MR) is 74.8 cm³/mol. The number of nitro groups is 1. The highest BCUT2D eigenvalue weighted by molar-refractivity contribution is 6.05. The van der Waals surface area contributed by atoms with E-state index in [1.54, 1.807) is 25.1 Å². The number of rotatable bonds is 3. The van der Waals surface area contributed by atoms with Crippen molar-refractivity contribution >= 4 is 17.4 Å². The summed E-state index contributed by atoms with van der Waals surface area (Å²) < 4.78 is 0. The van der Waals surface area contributed by atoms with Crippen LogP contribution in [0, 0.1) is 24.0 Å². The molecule has 1 aromatic carbocycles. The van der Waals surface area contributed by atoms with Crippen LogP contribution in [0.3, 0.4) is 0 Å². The second kappa shape index (κ2) is 5.48. The third-order valence-electron chi connectivity index (χ3n) is 2.88. The minimum atomic E-state index is -0.503. The van der Waals surface area contributed by atoms with E-state index in [0.717, 1.165) is 5.69 Å². The molecule has 0 aliphatic rings. The van der Waals surface area contributed by atoms with Crippen molar-refractivity contribution in [2.45, 2.75) is 13.8 Å². The van der Waals surface area contributed by atoms with Crippen LogP contribution in [-0.2, 0) is 0 Å². The minimum Gasteiger partial charge on any atom is -0.307 e. The Kier molecular flexibility index (Phi) is 3.74. The fourth-order valence-electron chi connectivity index (χ4n) is 1.86. The first-order valence-electron chi connectivity index (χ1n) is 5.98. The molecule has 1 amide bonds. The first-order chi connectivity index (χ1) is 9.49. The Balaban J connectivity index is 2.30. The SMILES string of the molecule is Cc1cccc(NC(=O)c2cccc([N+](=O)[O-])c2C)n1. The zero-order valence-corrected chi connectivity index (χ0v) is 11.1. The number of pyridine rings is 1. The number of hydrogen-bond donors (Lipinski definition) is 1. The zero-order valence-electron chi connectivity index (χ0n) is 11.1. The first-order valence-corrected chi connectivity index (χ1v) is 5.98. The second-order valence-electron chi connectivity index (χ2n) is 4.33. The number of hydrogen-bond acceptors (Lipinski definition) is 4. The zero-order chi connectivity index (χ0) is 14.7. The van der Waals surface area contributed by atoms with Crippen LogP contribution in [-0.4, -0.2) is 15.8 Å². The minimum absolute atomic E-state index is 0.0742. The fraction of sp³-hybridized carbons (Fsp3) is 0.143. The van der Waals surface area contributed by atoms with Crippen molar-refractivity contribution in [3.63, 3.8) is 0 Å². The monoisotopic (exact) mass is 271 g/mol. The summed E-state index contributed by atoms with van der Waals surface area (Å²) in [5.41, 5.74) is 1.30. The summed E-state index contributed by atoms with van der Waals surface area (Å²) in [4.78, 5) is 26.7. The van der Waals surface area contributed by atoms with Gasteiger partial charge in [0.05, 0.1) is 4.92 Å². The topological polar surface area (TPSA) is 85.1 Å². The summed E-state index contributed by atoms with van der Waals surface area (Å²) in [6.45, 7) is 3.37. The maximum Gasteiger partial charge on any atom is 0.273 e. The lowest BCUT2D eigenvalue weighted by atomic mass is 10.1. The van der Waals surface area contributed by atoms with Gasteiger partial charge in [-0.05, 0) is 32.0 Å². The summed E-state index contributed by atoms with van der Waals surface area (Å²) in [6.07, 6.45) is 0. The Bertz CT molecular complexity index is 683. The number of carbonyl (C=O) groups excluding carboxylic acids is 1. The molecule has 0 saturated heterocycles. The fourth-order valence-corrected chi connectivity index (χ4v) is 1.86. The van der Waals surface area contributed by atoms with E-state index >= 15 is 0 Å². The highest BCUT2D eigenvalue weighted by Crippen LogP contribution is 2.21. The largest absolute Gasteiger partial charge is 0.307 e. The van der Waals surface area contributed by atoms with Crippen LogP contribution in [0.15, 0.2) is 36.4 Å². The molecular weight excluding hydrogens is 258 g/mol. The molecule has 2 aromatic rings. The molecule has 1 aromatic heterocycles. The van der Waals surface area contributed by atoms with Crippen molar-refractivity contribution in [2.75, 3.05) is 5.32 Å². The van der Waals surface area contributed by atoms with E-state index in [9.17, 15) is 14.9 Å². The number of nitro benzene ring substituents is 1. The molecule has 6 nitrogen and oxygen atoms in total. The molecule has 102 valence electrons. The number of nitrogens with zero attached hydrogens (tertiary/aromatic N) is 2. The molecule has 0 spiro atoms. The number of amides is 1. The molecule has 0 aliphatic heterocycles. The molecule has 0 saturated carbocycles. The molecule has 1 heterocycles. The van der Waals surface area contributed by atoms with E-state index in [1.165, 1.54) is 12.1 Å². The van der Waals surface area contributed by atoms with Gasteiger partial charge in [-0.25, -0.2) is 4.98 Å². The lowest BCUT2D eigenvalue weighted by Gasteiger charge is -2.07. The van der Waals surface area contributed by atoms with Crippen LogP contribution in [0.25, 0.3) is 0 Å². The smallest absolute Gasteiger partial charge is 0.273 e. The highest BCUT2D eigenvalue weighted by Gasteiger charge is 2.18. The van der Waals surface area contributed by atoms with Crippen molar-refractivity contribution in [3.8, 4) is 0 Å². The third kappa shape index (κ3) is 2.80. The molecule has 0 bridgehead atoms. The third-order valence-corrected chi connectivity index (χ3v) is 2.88. The summed E-state index contributed by atoms with van der Waals surface area (Å²) >= 11 is 0. The summed E-state index contributed by atoms with van der Waals surface area (Å²) in [7, 11) is 0. The summed E-state index contributed by atoms with van der Waals surface area (Å²) in [6, 6.07) is 9.66. The van der Waals surface area contributed by atoms with Crippen LogP contribution >= 0.6 is 0 Å². The van der Waals surface area contributed by atoms with Gasteiger partial charge in [-0.15, -0.1) is 0 Å². The van der Waals surface area contributed by atoms with Crippen LogP contribution in [0.2, 0.25) is 0 Å². The Hall–Kier alpha value is -2.76. The first kappa shape index (κ1) is 13.7. The van der Waals surface area contributed by atoms with E-state index in [1.807, 2.05) is 13.0 Å². The summed E-state index contributed by atoms with van der Waals surface area (Å²) in [5.74, 6) is 0.00482. The van der Waals surface area contributed by atoms with Crippen molar-refractivity contribution in [1.82, 2.24) is 4.98 Å². The lowest BCUT2D eigenvalue weighted by molar-refractivity contribution is -0.385. The van der Waals surface area contributed by atoms with Crippen LogP contribution in [0.4, 0.5) is 11.5 Å². The normalized spacial score (nSPS) is 10.1. The average Bonchev–Trinajstić information content (AvgIpc) is 2.38. The van der Waals surface area contributed by atoms with Gasteiger partial charge in [0, 0.05) is 22.9 Å². The number of benzene rings is 1. The van der Waals surface area contributed by atoms with E-state index in [0.29, 0.717) is 11.4 Å². The highest BCUT2D eigenvalue weighted by atomic mass is 16.6. The van der Waals surface area contributed by atoms with Crippen LogP contribution in [0.1, 0.15) is 21.6 Å². The van der Waals surface area contributed by atoms with Gasteiger partial charge >= 0.3 is 0 Å². The van der Waals surface area contributed by atoms with Crippen LogP contribution in [0.5, 0.6) is 0 Å². The number of aryl methyl sites for hydroxylation is 1. The van der Waals surface area contributed by atoms with E-state index in [-0.39, 0.29) is 11.3 Å². The Morgan fingerprint density at radius 2 is 1.90 bits per heavy atom. The Morgan fingerprint density at radius 1 is 1.20 bits per heavy atom. The molecule has 6 heteroatoms. The van der Waals surface area contributed by atoms with Crippen molar-refractivity contribution in [1.29, 1.82) is 0 Å². The Morgan fingerprint density at radius 3 is 2.55 bits per heavy atom. The second-order valence-corrected chi connectivity index (χ2v) is 4.33. The average molecular weight is 271 g/mol.